The molecule has 37 heavy (non-hydrogen) atoms. The molecule has 0 aliphatic rings. The van der Waals surface area contributed by atoms with Gasteiger partial charge < -0.3 is 18.8 Å². The summed E-state index contributed by atoms with van der Waals surface area (Å²) in [5.74, 6) is 1.95. The summed E-state index contributed by atoms with van der Waals surface area (Å²) < 4.78 is 18.7. The normalized spacial score (nSPS) is 11.3. The number of aromatic nitrogens is 2. The van der Waals surface area contributed by atoms with E-state index < -0.39 is 0 Å². The van der Waals surface area contributed by atoms with Gasteiger partial charge in [-0.1, -0.05) is 30.9 Å². The highest BCUT2D eigenvalue weighted by molar-refractivity contribution is 5.89. The van der Waals surface area contributed by atoms with Gasteiger partial charge in [0, 0.05) is 31.4 Å². The van der Waals surface area contributed by atoms with Crippen LogP contribution in [-0.4, -0.2) is 43.7 Å². The van der Waals surface area contributed by atoms with Crippen molar-refractivity contribution in [2.24, 2.45) is 5.10 Å². The zero-order valence-electron chi connectivity index (χ0n) is 20.8. The molecule has 0 saturated heterocycles. The highest BCUT2D eigenvalue weighted by Gasteiger charge is 2.18. The van der Waals surface area contributed by atoms with Crippen LogP contribution in [0.2, 0.25) is 0 Å². The van der Waals surface area contributed by atoms with Crippen molar-refractivity contribution in [2.75, 3.05) is 32.7 Å². The van der Waals surface area contributed by atoms with Crippen molar-refractivity contribution in [3.63, 3.8) is 0 Å². The van der Waals surface area contributed by atoms with Crippen molar-refractivity contribution >= 4 is 33.8 Å². The Morgan fingerprint density at radius 3 is 2.68 bits per heavy atom. The van der Waals surface area contributed by atoms with Gasteiger partial charge in [-0.05, 0) is 42.5 Å². The summed E-state index contributed by atoms with van der Waals surface area (Å²) in [4.78, 5) is 20.3. The zero-order valence-corrected chi connectivity index (χ0v) is 20.8. The van der Waals surface area contributed by atoms with Gasteiger partial charge in [0.25, 0.3) is 5.56 Å². The zero-order chi connectivity index (χ0) is 25.9. The fraction of sp³-hybridized carbons (Fsp3) is 0.138. The molecule has 0 amide bonds. The molecular formula is C29H26N4O4. The average Bonchev–Trinajstić information content (AvgIpc) is 3.36. The van der Waals surface area contributed by atoms with Crippen LogP contribution in [0.5, 0.6) is 11.5 Å². The van der Waals surface area contributed by atoms with E-state index in [-0.39, 0.29) is 11.4 Å². The number of anilines is 1. The second-order valence-electron chi connectivity index (χ2n) is 8.51. The number of fused-ring (bicyclic) bond motifs is 2. The summed E-state index contributed by atoms with van der Waals surface area (Å²) in [6.07, 6.45) is 3.26. The van der Waals surface area contributed by atoms with Crippen molar-refractivity contribution in [1.82, 2.24) is 9.66 Å². The molecule has 2 heterocycles. The molecule has 0 radical (unpaired) electrons. The van der Waals surface area contributed by atoms with Gasteiger partial charge in [-0.3, -0.25) is 4.79 Å². The topological polar surface area (TPSA) is 82.1 Å². The summed E-state index contributed by atoms with van der Waals surface area (Å²) in [7, 11) is 5.51. The van der Waals surface area contributed by atoms with Gasteiger partial charge in [0.2, 0.25) is 5.82 Å². The molecule has 0 spiro atoms. The Bertz CT molecular complexity index is 1700. The molecule has 0 N–H and O–H groups in total. The summed E-state index contributed by atoms with van der Waals surface area (Å²) in [5, 5.41) is 5.79. The number of ether oxygens (including phenoxy) is 2. The predicted molar refractivity (Wildman–Crippen MR) is 147 cm³/mol. The molecule has 186 valence electrons. The summed E-state index contributed by atoms with van der Waals surface area (Å²) in [6.45, 7) is 4.06. The maximum Gasteiger partial charge on any atom is 0.282 e. The van der Waals surface area contributed by atoms with Gasteiger partial charge in [0.1, 0.15) is 23.7 Å². The Morgan fingerprint density at radius 1 is 1.05 bits per heavy atom. The lowest BCUT2D eigenvalue weighted by Gasteiger charge is -2.15. The van der Waals surface area contributed by atoms with Crippen LogP contribution in [0.4, 0.5) is 5.69 Å². The van der Waals surface area contributed by atoms with Crippen molar-refractivity contribution in [3.05, 3.63) is 95.3 Å². The Hall–Kier alpha value is -4.85. The standard InChI is InChI=1S/C29H26N4O4/c1-5-15-36-26-16-20(32(2)3)14-13-19(26)18-30-33-28(31-23-10-7-6-9-21(23)29(33)34)27-17-22-24(35-4)11-8-12-25(22)37-27/h5-14,16-18H,1,15H2,2-4H3. The van der Waals surface area contributed by atoms with Crippen LogP contribution in [0.1, 0.15) is 5.56 Å². The van der Waals surface area contributed by atoms with E-state index in [1.165, 1.54) is 4.68 Å². The Labute approximate surface area is 213 Å². The SMILES string of the molecule is C=CCOc1cc(N(C)C)ccc1C=Nn1c(-c2cc3c(OC)cccc3o2)nc2ccccc2c1=O. The van der Waals surface area contributed by atoms with Crippen LogP contribution in [0.25, 0.3) is 33.5 Å². The van der Waals surface area contributed by atoms with Crippen LogP contribution in [0.3, 0.4) is 0 Å². The number of hydrogen-bond acceptors (Lipinski definition) is 7. The molecular weight excluding hydrogens is 468 g/mol. The number of hydrogen-bond donors (Lipinski definition) is 0. The van der Waals surface area contributed by atoms with Crippen LogP contribution < -0.4 is 19.9 Å². The van der Waals surface area contributed by atoms with Gasteiger partial charge in [0.05, 0.1) is 29.6 Å². The summed E-state index contributed by atoms with van der Waals surface area (Å²) in [6, 6.07) is 20.3. The lowest BCUT2D eigenvalue weighted by atomic mass is 10.2. The first-order valence-corrected chi connectivity index (χ1v) is 11.7. The molecule has 3 aromatic carbocycles. The number of para-hydroxylation sites is 1. The molecule has 8 heteroatoms. The Kier molecular flexibility index (Phi) is 6.47. The maximum absolute atomic E-state index is 13.6. The summed E-state index contributed by atoms with van der Waals surface area (Å²) >= 11 is 0. The molecule has 5 aromatic rings. The second-order valence-corrected chi connectivity index (χ2v) is 8.51. The molecule has 0 aliphatic heterocycles. The number of rotatable bonds is 8. The second kappa shape index (κ2) is 10.0. The van der Waals surface area contributed by atoms with Gasteiger partial charge in [-0.2, -0.15) is 9.78 Å². The smallest absolute Gasteiger partial charge is 0.282 e. The van der Waals surface area contributed by atoms with E-state index in [0.29, 0.717) is 45.9 Å². The van der Waals surface area contributed by atoms with Crippen LogP contribution in [0.15, 0.2) is 93.7 Å². The third-order valence-electron chi connectivity index (χ3n) is 5.90. The van der Waals surface area contributed by atoms with E-state index >= 15 is 0 Å². The van der Waals surface area contributed by atoms with Crippen molar-refractivity contribution < 1.29 is 13.9 Å². The van der Waals surface area contributed by atoms with E-state index in [1.807, 2.05) is 61.5 Å². The third-order valence-corrected chi connectivity index (χ3v) is 5.90. The molecule has 0 unspecified atom stereocenters. The lowest BCUT2D eigenvalue weighted by Crippen LogP contribution is -2.20. The minimum atomic E-state index is -0.317. The fourth-order valence-corrected chi connectivity index (χ4v) is 4.01. The van der Waals surface area contributed by atoms with Crippen molar-refractivity contribution in [3.8, 4) is 23.1 Å². The first-order chi connectivity index (χ1) is 18.0. The van der Waals surface area contributed by atoms with E-state index in [1.54, 1.807) is 43.7 Å². The van der Waals surface area contributed by atoms with Crippen molar-refractivity contribution in [2.45, 2.75) is 0 Å². The first kappa shape index (κ1) is 23.9. The first-order valence-electron chi connectivity index (χ1n) is 11.7. The minimum absolute atomic E-state index is 0.275. The van der Waals surface area contributed by atoms with Crippen LogP contribution >= 0.6 is 0 Å². The maximum atomic E-state index is 13.6. The van der Waals surface area contributed by atoms with E-state index in [9.17, 15) is 4.79 Å². The van der Waals surface area contributed by atoms with Crippen LogP contribution in [-0.2, 0) is 0 Å². The van der Waals surface area contributed by atoms with Crippen molar-refractivity contribution in [1.29, 1.82) is 0 Å². The molecule has 0 atom stereocenters. The number of benzene rings is 3. The van der Waals surface area contributed by atoms with E-state index in [0.717, 1.165) is 11.1 Å². The van der Waals surface area contributed by atoms with Gasteiger partial charge in [-0.15, -0.1) is 0 Å². The van der Waals surface area contributed by atoms with E-state index in [2.05, 4.69) is 11.7 Å². The molecule has 0 bridgehead atoms. The predicted octanol–water partition coefficient (Wildman–Crippen LogP) is 5.33. The third kappa shape index (κ3) is 4.56. The molecule has 0 fully saturated rings. The molecule has 0 saturated carbocycles. The molecule has 0 aliphatic carbocycles. The molecule has 5 rings (SSSR count). The quantitative estimate of drug-likeness (QED) is 0.214. The van der Waals surface area contributed by atoms with Gasteiger partial charge in [-0.25, -0.2) is 4.98 Å². The fourth-order valence-electron chi connectivity index (χ4n) is 4.01. The van der Waals surface area contributed by atoms with E-state index in [4.69, 9.17) is 18.9 Å². The van der Waals surface area contributed by atoms with Gasteiger partial charge in [0.15, 0.2) is 5.76 Å². The average molecular weight is 495 g/mol. The Balaban J connectivity index is 1.69. The van der Waals surface area contributed by atoms with Gasteiger partial charge >= 0.3 is 0 Å². The number of nitrogens with zero attached hydrogens (tertiary/aromatic N) is 4. The highest BCUT2D eigenvalue weighted by atomic mass is 16.5. The number of furan rings is 1. The monoisotopic (exact) mass is 494 g/mol. The summed E-state index contributed by atoms with van der Waals surface area (Å²) in [5.41, 5.74) is 2.52. The highest BCUT2D eigenvalue weighted by Crippen LogP contribution is 2.33. The minimum Gasteiger partial charge on any atom is -0.496 e. The number of methoxy groups -OCH3 is 1. The van der Waals surface area contributed by atoms with Crippen LogP contribution in [0, 0.1) is 0 Å². The largest absolute Gasteiger partial charge is 0.496 e. The molecule has 2 aromatic heterocycles. The lowest BCUT2D eigenvalue weighted by molar-refractivity contribution is 0.363. The molecule has 8 nitrogen and oxygen atoms in total. The Morgan fingerprint density at radius 2 is 1.89 bits per heavy atom.